The summed E-state index contributed by atoms with van der Waals surface area (Å²) in [5.41, 5.74) is -0.120. The van der Waals surface area contributed by atoms with Gasteiger partial charge in [0.1, 0.15) is 29.6 Å². The molecule has 6 bridgehead atoms. The van der Waals surface area contributed by atoms with Gasteiger partial charge in [-0.25, -0.2) is 0 Å². The number of carboxylic acid groups (broad SMARTS) is 1. The van der Waals surface area contributed by atoms with Crippen LogP contribution in [-0.4, -0.2) is 80.4 Å². The Balaban J connectivity index is 1.45. The molecule has 0 aromatic heterocycles. The van der Waals surface area contributed by atoms with Crippen LogP contribution in [0.4, 0.5) is 0 Å². The van der Waals surface area contributed by atoms with E-state index in [0.717, 1.165) is 0 Å². The first-order valence-electron chi connectivity index (χ1n) is 14.2. The van der Waals surface area contributed by atoms with Gasteiger partial charge in [0, 0.05) is 49.7 Å². The van der Waals surface area contributed by atoms with Gasteiger partial charge in [0.25, 0.3) is 11.8 Å². The number of hydrogen-bond acceptors (Lipinski definition) is 9. The number of carbonyl (C=O) groups excluding carboxylic acids is 2. The Morgan fingerprint density at radius 3 is 2.32 bits per heavy atom. The number of amides is 2. The Hall–Kier alpha value is -4.97. The van der Waals surface area contributed by atoms with Crippen LogP contribution in [0.15, 0.2) is 60.7 Å². The molecule has 232 valence electrons. The molecule has 0 aliphatic carbocycles. The van der Waals surface area contributed by atoms with Crippen LogP contribution in [0.2, 0.25) is 0 Å². The number of piperidine rings is 1. The number of methoxy groups -OCH3 is 2. The normalized spacial score (nSPS) is 17.1. The number of nitrogens with zero attached hydrogens (tertiary/aromatic N) is 1. The fraction of sp³-hybridized carbons (Fsp3) is 0.344. The van der Waals surface area contributed by atoms with E-state index in [-0.39, 0.29) is 38.1 Å². The predicted octanol–water partition coefficient (Wildman–Crippen LogP) is 3.23. The van der Waals surface area contributed by atoms with Gasteiger partial charge in [0.05, 0.1) is 27.3 Å². The summed E-state index contributed by atoms with van der Waals surface area (Å²) in [6.45, 7) is 1.29. The van der Waals surface area contributed by atoms with Crippen molar-refractivity contribution in [2.45, 2.75) is 25.0 Å². The van der Waals surface area contributed by atoms with E-state index in [1.165, 1.54) is 14.2 Å². The molecular formula is C32H35N3O9. The van der Waals surface area contributed by atoms with Gasteiger partial charge in [-0.2, -0.15) is 0 Å². The first kappa shape index (κ1) is 30.5. The predicted molar refractivity (Wildman–Crippen MR) is 159 cm³/mol. The van der Waals surface area contributed by atoms with Crippen molar-refractivity contribution in [1.29, 1.82) is 0 Å². The van der Waals surface area contributed by atoms with Gasteiger partial charge < -0.3 is 39.4 Å². The van der Waals surface area contributed by atoms with E-state index in [9.17, 15) is 19.5 Å². The van der Waals surface area contributed by atoms with Crippen molar-refractivity contribution in [1.82, 2.24) is 15.5 Å². The number of benzene rings is 3. The fourth-order valence-electron chi connectivity index (χ4n) is 5.20. The minimum absolute atomic E-state index is 0.105. The third-order valence-corrected chi connectivity index (χ3v) is 7.58. The Bertz CT molecular complexity index is 1500. The summed E-state index contributed by atoms with van der Waals surface area (Å²) in [6.07, 6.45) is 0.601. The molecule has 8 rings (SSSR count). The molecule has 3 aromatic rings. The number of rotatable bonds is 4. The van der Waals surface area contributed by atoms with Gasteiger partial charge in [-0.1, -0.05) is 0 Å². The molecule has 5 heterocycles. The van der Waals surface area contributed by atoms with Gasteiger partial charge >= 0.3 is 5.97 Å². The molecule has 1 fully saturated rings. The van der Waals surface area contributed by atoms with Crippen molar-refractivity contribution in [3.05, 3.63) is 71.8 Å². The number of hydrogen-bond donors (Lipinski definition) is 3. The molecule has 3 N–H and O–H groups in total. The van der Waals surface area contributed by atoms with Gasteiger partial charge in [0.2, 0.25) is 0 Å². The molecule has 5 aliphatic rings. The van der Waals surface area contributed by atoms with Crippen LogP contribution >= 0.6 is 0 Å². The molecule has 5 aliphatic heterocycles. The molecule has 12 nitrogen and oxygen atoms in total. The zero-order valence-electron chi connectivity index (χ0n) is 24.6. The van der Waals surface area contributed by atoms with Crippen LogP contribution < -0.4 is 34.3 Å². The maximum atomic E-state index is 13.8. The summed E-state index contributed by atoms with van der Waals surface area (Å²) in [4.78, 5) is 39.7. The van der Waals surface area contributed by atoms with Gasteiger partial charge in [-0.3, -0.25) is 19.3 Å². The molecule has 0 saturated carbocycles. The second kappa shape index (κ2) is 13.6. The molecule has 0 unspecified atom stereocenters. The first-order valence-corrected chi connectivity index (χ1v) is 14.2. The topological polar surface area (TPSA) is 145 Å². The van der Waals surface area contributed by atoms with Crippen molar-refractivity contribution in [2.24, 2.45) is 0 Å². The van der Waals surface area contributed by atoms with Gasteiger partial charge in [-0.15, -0.1) is 0 Å². The van der Waals surface area contributed by atoms with Crippen LogP contribution in [0, 0.1) is 0 Å². The lowest BCUT2D eigenvalue weighted by Crippen LogP contribution is -2.57. The van der Waals surface area contributed by atoms with Crippen molar-refractivity contribution < 1.29 is 43.2 Å². The van der Waals surface area contributed by atoms with Crippen LogP contribution in [-0.2, 0) is 16.1 Å². The number of ether oxygens (including phenoxy) is 5. The zero-order chi connectivity index (χ0) is 31.1. The number of carboxylic acids is 1. The summed E-state index contributed by atoms with van der Waals surface area (Å²) in [5.74, 6) is 1.23. The third kappa shape index (κ3) is 7.14. The second-order valence-corrected chi connectivity index (χ2v) is 10.5. The lowest BCUT2D eigenvalue weighted by molar-refractivity contribution is -0.144. The van der Waals surface area contributed by atoms with Crippen molar-refractivity contribution >= 4 is 17.8 Å². The Labute approximate surface area is 254 Å². The smallest absolute Gasteiger partial charge is 0.317 e. The average molecular weight is 606 g/mol. The molecular weight excluding hydrogens is 570 g/mol. The van der Waals surface area contributed by atoms with Crippen molar-refractivity contribution in [2.75, 3.05) is 47.0 Å². The van der Waals surface area contributed by atoms with Crippen LogP contribution in [0.1, 0.15) is 28.8 Å². The lowest BCUT2D eigenvalue weighted by Gasteiger charge is -2.40. The largest absolute Gasteiger partial charge is 0.496 e. The van der Waals surface area contributed by atoms with E-state index in [1.807, 2.05) is 0 Å². The highest BCUT2D eigenvalue weighted by atomic mass is 16.5. The number of nitrogens with one attached hydrogen (secondary N) is 2. The fourth-order valence-corrected chi connectivity index (χ4v) is 5.20. The molecule has 1 spiro atoms. The minimum atomic E-state index is -1.21. The molecule has 0 atom stereocenters. The Morgan fingerprint density at radius 1 is 0.909 bits per heavy atom. The standard InChI is InChI=1S/C32H35N3O9/c1-40-26-10-4-21-17-28(26)43-25-5-3-22(27(18-25)41-2)19-34-31(39)32(11-14-35(15-12-32)20-29(36)37)44-24-8-6-23(7-9-24)42-16-13-33-30(21)38/h3-10,17-18H,11-16,19-20H2,1-2H3,(H,33,38)(H,34,39)(H,36,37). The summed E-state index contributed by atoms with van der Waals surface area (Å²) < 4.78 is 29.3. The van der Waals surface area contributed by atoms with E-state index in [0.29, 0.717) is 71.6 Å². The van der Waals surface area contributed by atoms with Crippen molar-refractivity contribution in [3.8, 4) is 34.5 Å². The molecule has 12 heteroatoms. The third-order valence-electron chi connectivity index (χ3n) is 7.58. The quantitative estimate of drug-likeness (QED) is 0.405. The monoisotopic (exact) mass is 605 g/mol. The molecule has 3 aromatic carbocycles. The molecule has 44 heavy (non-hydrogen) atoms. The average Bonchev–Trinajstić information content (AvgIpc) is 3.03. The van der Waals surface area contributed by atoms with E-state index < -0.39 is 11.6 Å². The molecule has 0 radical (unpaired) electrons. The number of likely N-dealkylation sites (tertiary alicyclic amines) is 1. The van der Waals surface area contributed by atoms with Crippen LogP contribution in [0.25, 0.3) is 0 Å². The zero-order valence-corrected chi connectivity index (χ0v) is 24.6. The second-order valence-electron chi connectivity index (χ2n) is 10.5. The van der Waals surface area contributed by atoms with E-state index in [1.54, 1.807) is 65.6 Å². The lowest BCUT2D eigenvalue weighted by atomic mass is 9.89. The Kier molecular flexibility index (Phi) is 9.39. The SMILES string of the molecule is COc1cc2ccc1CNC(=O)C1(CCN(CC(=O)O)CC1)Oc1ccc(cc1)OCCNC(=O)c1ccc(OC)c(c1)O2. The van der Waals surface area contributed by atoms with Gasteiger partial charge in [-0.05, 0) is 54.6 Å². The van der Waals surface area contributed by atoms with E-state index in [4.69, 9.17) is 23.7 Å². The summed E-state index contributed by atoms with van der Waals surface area (Å²) >= 11 is 0. The van der Waals surface area contributed by atoms with Crippen molar-refractivity contribution in [3.63, 3.8) is 0 Å². The Morgan fingerprint density at radius 2 is 1.61 bits per heavy atom. The maximum Gasteiger partial charge on any atom is 0.317 e. The first-order chi connectivity index (χ1) is 21.3. The van der Waals surface area contributed by atoms with E-state index >= 15 is 0 Å². The highest BCUT2D eigenvalue weighted by molar-refractivity contribution is 5.95. The summed E-state index contributed by atoms with van der Waals surface area (Å²) in [5, 5.41) is 15.1. The van der Waals surface area contributed by atoms with Gasteiger partial charge in [0.15, 0.2) is 17.1 Å². The molecule has 2 amide bonds. The van der Waals surface area contributed by atoms with E-state index in [2.05, 4.69) is 10.6 Å². The summed E-state index contributed by atoms with van der Waals surface area (Å²) in [7, 11) is 3.04. The number of carbonyl (C=O) groups is 3. The number of aliphatic carboxylic acids is 1. The maximum absolute atomic E-state index is 13.8. The highest BCUT2D eigenvalue weighted by Gasteiger charge is 2.44. The summed E-state index contributed by atoms with van der Waals surface area (Å²) in [6, 6.07) is 17.0. The minimum Gasteiger partial charge on any atom is -0.496 e. The van der Waals surface area contributed by atoms with Crippen LogP contribution in [0.3, 0.4) is 0 Å². The van der Waals surface area contributed by atoms with Crippen LogP contribution in [0.5, 0.6) is 34.5 Å². The highest BCUT2D eigenvalue weighted by Crippen LogP contribution is 2.35. The molecule has 1 saturated heterocycles.